The lowest BCUT2D eigenvalue weighted by molar-refractivity contribution is 0.426. The largest absolute Gasteiger partial charge is 0.494 e. The first-order valence-electron chi connectivity index (χ1n) is 5.23. The molecule has 5 nitrogen and oxygen atoms in total. The van der Waals surface area contributed by atoms with Gasteiger partial charge in [0.1, 0.15) is 0 Å². The number of aromatic nitrogens is 2. The third-order valence-electron chi connectivity index (χ3n) is 2.66. The van der Waals surface area contributed by atoms with Gasteiger partial charge >= 0.3 is 5.69 Å². The minimum atomic E-state index is -0.673. The Morgan fingerprint density at radius 3 is 2.56 bits per heavy atom. The van der Waals surface area contributed by atoms with Crippen LogP contribution in [0.2, 0.25) is 0 Å². The first-order valence-corrected chi connectivity index (χ1v) is 6.02. The highest BCUT2D eigenvalue weighted by molar-refractivity contribution is 9.10. The molecule has 0 saturated carbocycles. The molecule has 0 unspecified atom stereocenters. The average molecular weight is 311 g/mol. The second-order valence-corrected chi connectivity index (χ2v) is 4.85. The predicted octanol–water partition coefficient (Wildman–Crippen LogP) is 1.61. The van der Waals surface area contributed by atoms with Gasteiger partial charge in [0, 0.05) is 4.47 Å². The zero-order valence-corrected chi connectivity index (χ0v) is 11.4. The minimum absolute atomic E-state index is 0.0991. The van der Waals surface area contributed by atoms with Gasteiger partial charge in [-0.1, -0.05) is 6.07 Å². The summed E-state index contributed by atoms with van der Waals surface area (Å²) in [6.45, 7) is 3.36. The van der Waals surface area contributed by atoms with E-state index in [1.165, 1.54) is 6.92 Å². The molecule has 0 radical (unpaired) electrons. The lowest BCUT2D eigenvalue weighted by atomic mass is 10.2. The molecule has 2 rings (SSSR count). The molecular formula is C12H11BrN2O3. The molecule has 1 heterocycles. The van der Waals surface area contributed by atoms with Gasteiger partial charge in [-0.05, 0) is 47.5 Å². The van der Waals surface area contributed by atoms with Crippen molar-refractivity contribution in [3.05, 3.63) is 54.6 Å². The smallest absolute Gasteiger partial charge is 0.335 e. The summed E-state index contributed by atoms with van der Waals surface area (Å²) in [5.74, 6) is -0.353. The van der Waals surface area contributed by atoms with Gasteiger partial charge in [-0.3, -0.25) is 9.78 Å². The number of aromatic hydroxyl groups is 1. The zero-order valence-electron chi connectivity index (χ0n) is 9.82. The Labute approximate surface area is 111 Å². The number of H-pyrrole nitrogens is 1. The highest BCUT2D eigenvalue weighted by Gasteiger charge is 2.13. The van der Waals surface area contributed by atoms with Crippen molar-refractivity contribution in [2.75, 3.05) is 0 Å². The van der Waals surface area contributed by atoms with Crippen molar-refractivity contribution in [2.45, 2.75) is 13.8 Å². The summed E-state index contributed by atoms with van der Waals surface area (Å²) >= 11 is 3.33. The third-order valence-corrected chi connectivity index (χ3v) is 3.29. The third kappa shape index (κ3) is 1.99. The normalized spacial score (nSPS) is 10.6. The second kappa shape index (κ2) is 4.45. The van der Waals surface area contributed by atoms with Gasteiger partial charge < -0.3 is 5.11 Å². The van der Waals surface area contributed by atoms with E-state index < -0.39 is 11.2 Å². The maximum absolute atomic E-state index is 11.8. The molecule has 2 N–H and O–H groups in total. The summed E-state index contributed by atoms with van der Waals surface area (Å²) < 4.78 is 1.71. The van der Waals surface area contributed by atoms with E-state index in [9.17, 15) is 14.7 Å². The van der Waals surface area contributed by atoms with Crippen molar-refractivity contribution in [1.82, 2.24) is 9.55 Å². The molecule has 0 atom stereocenters. The van der Waals surface area contributed by atoms with Crippen LogP contribution in [0.1, 0.15) is 11.1 Å². The molecular weight excluding hydrogens is 300 g/mol. The molecule has 2 aromatic rings. The van der Waals surface area contributed by atoms with Gasteiger partial charge in [-0.2, -0.15) is 0 Å². The van der Waals surface area contributed by atoms with Crippen molar-refractivity contribution in [1.29, 1.82) is 0 Å². The highest BCUT2D eigenvalue weighted by Crippen LogP contribution is 2.24. The Hall–Kier alpha value is -1.82. The zero-order chi connectivity index (χ0) is 13.4. The fourth-order valence-electron chi connectivity index (χ4n) is 1.63. The molecule has 0 aliphatic carbocycles. The van der Waals surface area contributed by atoms with Crippen LogP contribution < -0.4 is 11.2 Å². The predicted molar refractivity (Wildman–Crippen MR) is 71.5 cm³/mol. The van der Waals surface area contributed by atoms with E-state index in [0.717, 1.165) is 10.1 Å². The van der Waals surface area contributed by atoms with Crippen LogP contribution in [0, 0.1) is 13.8 Å². The van der Waals surface area contributed by atoms with E-state index in [4.69, 9.17) is 0 Å². The summed E-state index contributed by atoms with van der Waals surface area (Å²) in [5, 5.41) is 9.93. The average Bonchev–Trinajstić information content (AvgIpc) is 2.29. The quantitative estimate of drug-likeness (QED) is 0.840. The van der Waals surface area contributed by atoms with Gasteiger partial charge in [0.2, 0.25) is 5.88 Å². The lowest BCUT2D eigenvalue weighted by Gasteiger charge is -2.11. The van der Waals surface area contributed by atoms with Gasteiger partial charge in [0.15, 0.2) is 0 Å². The first-order chi connectivity index (χ1) is 8.41. The van der Waals surface area contributed by atoms with Gasteiger partial charge in [0.25, 0.3) is 5.56 Å². The molecule has 6 heteroatoms. The van der Waals surface area contributed by atoms with Crippen molar-refractivity contribution < 1.29 is 5.11 Å². The van der Waals surface area contributed by atoms with Gasteiger partial charge in [-0.15, -0.1) is 0 Å². The molecule has 94 valence electrons. The van der Waals surface area contributed by atoms with Crippen LogP contribution in [0.3, 0.4) is 0 Å². The van der Waals surface area contributed by atoms with Crippen molar-refractivity contribution in [3.63, 3.8) is 0 Å². The standard InChI is InChI=1S/C12H11BrN2O3/c1-6-3-4-9(8(13)5-6)15-11(17)7(2)10(16)14-12(15)18/h3-5,17H,1-2H3,(H,14,16,18). The van der Waals surface area contributed by atoms with Crippen molar-refractivity contribution in [3.8, 4) is 11.6 Å². The lowest BCUT2D eigenvalue weighted by Crippen LogP contribution is -2.30. The van der Waals surface area contributed by atoms with Gasteiger partial charge in [0.05, 0.1) is 11.3 Å². The summed E-state index contributed by atoms with van der Waals surface area (Å²) in [5.41, 5.74) is 0.327. The van der Waals surface area contributed by atoms with Crippen molar-refractivity contribution in [2.24, 2.45) is 0 Å². The number of nitrogens with one attached hydrogen (secondary N) is 1. The Bertz CT molecular complexity index is 731. The first kappa shape index (κ1) is 12.6. The molecule has 0 bridgehead atoms. The topological polar surface area (TPSA) is 75.1 Å². The maximum atomic E-state index is 11.8. The van der Waals surface area contributed by atoms with Crippen LogP contribution in [-0.2, 0) is 0 Å². The summed E-state index contributed by atoms with van der Waals surface area (Å²) in [6, 6.07) is 5.33. The number of nitrogens with zero attached hydrogens (tertiary/aromatic N) is 1. The Morgan fingerprint density at radius 2 is 1.94 bits per heavy atom. The van der Waals surface area contributed by atoms with Crippen LogP contribution in [0.25, 0.3) is 5.69 Å². The molecule has 1 aromatic carbocycles. The molecule has 0 saturated heterocycles. The molecule has 0 amide bonds. The van der Waals surface area contributed by atoms with E-state index in [0.29, 0.717) is 10.2 Å². The summed E-state index contributed by atoms with van der Waals surface area (Å²) in [4.78, 5) is 25.3. The SMILES string of the molecule is Cc1ccc(-n2c(O)c(C)c(=O)[nH]c2=O)c(Br)c1. The number of aromatic amines is 1. The summed E-state index contributed by atoms with van der Waals surface area (Å²) in [6.07, 6.45) is 0. The number of aryl methyl sites for hydroxylation is 1. The van der Waals surface area contributed by atoms with E-state index in [2.05, 4.69) is 20.9 Å². The fraction of sp³-hybridized carbons (Fsp3) is 0.167. The van der Waals surface area contributed by atoms with Crippen LogP contribution in [0.5, 0.6) is 5.88 Å². The van der Waals surface area contributed by atoms with Crippen LogP contribution in [-0.4, -0.2) is 14.7 Å². The minimum Gasteiger partial charge on any atom is -0.494 e. The highest BCUT2D eigenvalue weighted by atomic mass is 79.9. The Kier molecular flexibility index (Phi) is 3.13. The maximum Gasteiger partial charge on any atom is 0.335 e. The second-order valence-electron chi connectivity index (χ2n) is 4.00. The molecule has 0 fully saturated rings. The molecule has 1 aromatic heterocycles. The number of rotatable bonds is 1. The van der Waals surface area contributed by atoms with Crippen LogP contribution >= 0.6 is 15.9 Å². The molecule has 18 heavy (non-hydrogen) atoms. The summed E-state index contributed by atoms with van der Waals surface area (Å²) in [7, 11) is 0. The number of halogens is 1. The molecule has 0 aliphatic rings. The van der Waals surface area contributed by atoms with E-state index in [-0.39, 0.29) is 11.4 Å². The van der Waals surface area contributed by atoms with E-state index >= 15 is 0 Å². The number of hydrogen-bond donors (Lipinski definition) is 2. The van der Waals surface area contributed by atoms with Crippen LogP contribution in [0.4, 0.5) is 0 Å². The fourth-order valence-corrected chi connectivity index (χ4v) is 2.30. The van der Waals surface area contributed by atoms with Crippen LogP contribution in [0.15, 0.2) is 32.3 Å². The van der Waals surface area contributed by atoms with E-state index in [1.807, 2.05) is 19.1 Å². The number of benzene rings is 1. The Morgan fingerprint density at radius 1 is 1.28 bits per heavy atom. The Balaban J connectivity index is 2.84. The molecule has 0 aliphatic heterocycles. The number of hydrogen-bond acceptors (Lipinski definition) is 3. The van der Waals surface area contributed by atoms with Gasteiger partial charge in [-0.25, -0.2) is 9.36 Å². The monoisotopic (exact) mass is 310 g/mol. The van der Waals surface area contributed by atoms with E-state index in [1.54, 1.807) is 6.07 Å². The van der Waals surface area contributed by atoms with Crippen molar-refractivity contribution >= 4 is 15.9 Å². The molecule has 0 spiro atoms.